The first-order valence-corrected chi connectivity index (χ1v) is 8.12. The average Bonchev–Trinajstić information content (AvgIpc) is 3.02. The van der Waals surface area contributed by atoms with Gasteiger partial charge in [0.15, 0.2) is 0 Å². The number of aromatic amines is 1. The first kappa shape index (κ1) is 13.4. The zero-order chi connectivity index (χ0) is 15.1. The maximum atomic E-state index is 11.4. The second-order valence-corrected chi connectivity index (χ2v) is 6.72. The van der Waals surface area contributed by atoms with Crippen LogP contribution in [0.5, 0.6) is 0 Å². The third-order valence-corrected chi connectivity index (χ3v) is 5.55. The highest BCUT2D eigenvalue weighted by atomic mass is 32.2. The number of hydrogen-bond donors (Lipinski definition) is 2. The van der Waals surface area contributed by atoms with Crippen molar-refractivity contribution in [1.29, 1.82) is 0 Å². The number of pyridine rings is 1. The smallest absolute Gasteiger partial charge is 0.248 e. The van der Waals surface area contributed by atoms with Crippen LogP contribution in [0.15, 0.2) is 47.6 Å². The topological polar surface area (TPSA) is 71.8 Å². The van der Waals surface area contributed by atoms with Crippen LogP contribution in [0.4, 0.5) is 0 Å². The van der Waals surface area contributed by atoms with Crippen LogP contribution in [0.25, 0.3) is 11.0 Å². The summed E-state index contributed by atoms with van der Waals surface area (Å²) in [5.74, 6) is -0.373. The van der Waals surface area contributed by atoms with Crippen LogP contribution >= 0.6 is 11.8 Å². The van der Waals surface area contributed by atoms with Gasteiger partial charge in [0.1, 0.15) is 5.65 Å². The molecule has 1 aromatic carbocycles. The van der Waals surface area contributed by atoms with Gasteiger partial charge in [-0.15, -0.1) is 11.8 Å². The molecule has 22 heavy (non-hydrogen) atoms. The number of aryl methyl sites for hydroxylation is 1. The van der Waals surface area contributed by atoms with Crippen LogP contribution in [0, 0.1) is 0 Å². The van der Waals surface area contributed by atoms with Crippen molar-refractivity contribution in [3.8, 4) is 0 Å². The molecule has 0 fully saturated rings. The highest BCUT2D eigenvalue weighted by Crippen LogP contribution is 2.46. The van der Waals surface area contributed by atoms with Crippen LogP contribution in [-0.4, -0.2) is 15.9 Å². The molecule has 4 rings (SSSR count). The van der Waals surface area contributed by atoms with Gasteiger partial charge in [-0.05, 0) is 48.2 Å². The summed E-state index contributed by atoms with van der Waals surface area (Å²) in [4.78, 5) is 20.1. The van der Waals surface area contributed by atoms with Crippen molar-refractivity contribution in [3.63, 3.8) is 0 Å². The second kappa shape index (κ2) is 5.18. The number of aromatic nitrogens is 2. The van der Waals surface area contributed by atoms with E-state index in [0.29, 0.717) is 10.8 Å². The van der Waals surface area contributed by atoms with E-state index in [0.717, 1.165) is 23.4 Å². The van der Waals surface area contributed by atoms with Gasteiger partial charge < -0.3 is 10.7 Å². The predicted octanol–water partition coefficient (Wildman–Crippen LogP) is 3.44. The van der Waals surface area contributed by atoms with Gasteiger partial charge in [-0.25, -0.2) is 4.98 Å². The molecule has 1 unspecified atom stereocenters. The molecule has 1 amide bonds. The summed E-state index contributed by atoms with van der Waals surface area (Å²) < 4.78 is 0. The molecule has 3 aromatic rings. The number of nitrogens with two attached hydrogens (primary N) is 1. The fourth-order valence-electron chi connectivity index (χ4n) is 3.00. The minimum atomic E-state index is -0.373. The van der Waals surface area contributed by atoms with E-state index in [4.69, 9.17) is 5.73 Å². The third-order valence-electron chi connectivity index (χ3n) is 4.14. The number of hydrogen-bond acceptors (Lipinski definition) is 3. The van der Waals surface area contributed by atoms with E-state index in [9.17, 15) is 4.79 Å². The van der Waals surface area contributed by atoms with Gasteiger partial charge in [0, 0.05) is 33.5 Å². The number of thioether (sulfide) groups is 1. The summed E-state index contributed by atoms with van der Waals surface area (Å²) in [5.41, 5.74) is 9.49. The molecule has 3 heterocycles. The lowest BCUT2D eigenvalue weighted by Gasteiger charge is -2.25. The number of H-pyrrole nitrogens is 1. The number of carbonyl (C=O) groups is 1. The minimum absolute atomic E-state index is 0.372. The second-order valence-electron chi connectivity index (χ2n) is 5.47. The van der Waals surface area contributed by atoms with Crippen LogP contribution in [-0.2, 0) is 6.42 Å². The highest BCUT2D eigenvalue weighted by molar-refractivity contribution is 7.99. The van der Waals surface area contributed by atoms with Crippen LogP contribution in [0.2, 0.25) is 0 Å². The molecule has 0 saturated heterocycles. The maximum Gasteiger partial charge on any atom is 0.248 e. The number of nitrogens with one attached hydrogen (secondary N) is 1. The Morgan fingerprint density at radius 2 is 2.23 bits per heavy atom. The molecular weight excluding hydrogens is 294 g/mol. The number of benzene rings is 1. The summed E-state index contributed by atoms with van der Waals surface area (Å²) in [6, 6.07) is 9.93. The molecule has 2 aromatic heterocycles. The van der Waals surface area contributed by atoms with Gasteiger partial charge in [0.05, 0.1) is 0 Å². The Morgan fingerprint density at radius 1 is 1.32 bits per heavy atom. The number of rotatable bonds is 2. The quantitative estimate of drug-likeness (QED) is 0.761. The fourth-order valence-corrected chi connectivity index (χ4v) is 4.40. The fraction of sp³-hybridized carbons (Fsp3) is 0.176. The highest BCUT2D eigenvalue weighted by Gasteiger charge is 2.23. The lowest BCUT2D eigenvalue weighted by atomic mass is 10.0. The summed E-state index contributed by atoms with van der Waals surface area (Å²) in [7, 11) is 0. The lowest BCUT2D eigenvalue weighted by molar-refractivity contribution is 0.1000. The number of fused-ring (bicyclic) bond motifs is 2. The molecule has 0 aliphatic carbocycles. The summed E-state index contributed by atoms with van der Waals surface area (Å²) in [6.45, 7) is 0. The lowest BCUT2D eigenvalue weighted by Crippen LogP contribution is -2.12. The van der Waals surface area contributed by atoms with E-state index in [1.54, 1.807) is 0 Å². The molecule has 4 nitrogen and oxygen atoms in total. The Morgan fingerprint density at radius 3 is 3.09 bits per heavy atom. The zero-order valence-electron chi connectivity index (χ0n) is 11.9. The zero-order valence-corrected chi connectivity index (χ0v) is 12.7. The van der Waals surface area contributed by atoms with Gasteiger partial charge in [-0.1, -0.05) is 6.07 Å². The molecule has 5 heteroatoms. The van der Waals surface area contributed by atoms with E-state index < -0.39 is 0 Å². The van der Waals surface area contributed by atoms with Gasteiger partial charge in [-0.3, -0.25) is 4.79 Å². The molecule has 3 N–H and O–H groups in total. The Hall–Kier alpha value is -2.27. The van der Waals surface area contributed by atoms with Crippen molar-refractivity contribution in [2.75, 3.05) is 0 Å². The Labute approximate surface area is 132 Å². The molecular formula is C17H15N3OS. The summed E-state index contributed by atoms with van der Waals surface area (Å²) >= 11 is 1.81. The van der Waals surface area contributed by atoms with Gasteiger partial charge >= 0.3 is 0 Å². The number of amides is 1. The van der Waals surface area contributed by atoms with Gasteiger partial charge in [0.25, 0.3) is 0 Å². The van der Waals surface area contributed by atoms with Crippen molar-refractivity contribution in [1.82, 2.24) is 9.97 Å². The first-order chi connectivity index (χ1) is 10.7. The standard InChI is InChI=1S/C17H15N3OS/c18-16(21)11-2-1-10-3-4-14(22-15(10)9-11)12-5-7-19-17-13(12)6-8-20-17/h1-2,5-9,14H,3-4H2,(H2,18,21)(H,19,20). The van der Waals surface area contributed by atoms with Crippen LogP contribution in [0.3, 0.4) is 0 Å². The predicted molar refractivity (Wildman–Crippen MR) is 88.0 cm³/mol. The van der Waals surface area contributed by atoms with E-state index in [2.05, 4.69) is 22.1 Å². The van der Waals surface area contributed by atoms with E-state index >= 15 is 0 Å². The maximum absolute atomic E-state index is 11.4. The molecule has 1 atom stereocenters. The first-order valence-electron chi connectivity index (χ1n) is 7.24. The van der Waals surface area contributed by atoms with Crippen molar-refractivity contribution in [3.05, 3.63) is 59.4 Å². The molecule has 1 aliphatic rings. The Balaban J connectivity index is 1.73. The van der Waals surface area contributed by atoms with Crippen molar-refractivity contribution < 1.29 is 4.79 Å². The Bertz CT molecular complexity index is 871. The molecule has 0 spiro atoms. The van der Waals surface area contributed by atoms with E-state index in [-0.39, 0.29) is 5.91 Å². The van der Waals surface area contributed by atoms with Crippen molar-refractivity contribution >= 4 is 28.7 Å². The normalized spacial score (nSPS) is 17.4. The van der Waals surface area contributed by atoms with Crippen molar-refractivity contribution in [2.24, 2.45) is 5.73 Å². The van der Waals surface area contributed by atoms with Gasteiger partial charge in [-0.2, -0.15) is 0 Å². The number of nitrogens with zero attached hydrogens (tertiary/aromatic N) is 1. The van der Waals surface area contributed by atoms with Crippen LogP contribution < -0.4 is 5.73 Å². The molecule has 0 saturated carbocycles. The molecule has 0 bridgehead atoms. The summed E-state index contributed by atoms with van der Waals surface area (Å²) in [6.07, 6.45) is 5.87. The number of primary amides is 1. The summed E-state index contributed by atoms with van der Waals surface area (Å²) in [5, 5.41) is 1.55. The number of carbonyl (C=O) groups excluding carboxylic acids is 1. The van der Waals surface area contributed by atoms with E-state index in [1.807, 2.05) is 42.4 Å². The van der Waals surface area contributed by atoms with Gasteiger partial charge in [0.2, 0.25) is 5.91 Å². The molecule has 0 radical (unpaired) electrons. The van der Waals surface area contributed by atoms with Crippen molar-refractivity contribution in [2.45, 2.75) is 23.0 Å². The third kappa shape index (κ3) is 2.18. The monoisotopic (exact) mass is 309 g/mol. The SMILES string of the molecule is NC(=O)c1ccc2c(c1)SC(c1ccnc3[nH]ccc13)CC2. The van der Waals surface area contributed by atoms with Crippen LogP contribution in [0.1, 0.15) is 33.2 Å². The Kier molecular flexibility index (Phi) is 3.15. The molecule has 1 aliphatic heterocycles. The largest absolute Gasteiger partial charge is 0.366 e. The average molecular weight is 309 g/mol. The van der Waals surface area contributed by atoms with E-state index in [1.165, 1.54) is 16.5 Å². The molecule has 110 valence electrons. The minimum Gasteiger partial charge on any atom is -0.366 e.